The Morgan fingerprint density at radius 3 is 2.65 bits per heavy atom. The maximum Gasteiger partial charge on any atom is 0.148 e. The Balaban J connectivity index is 2.14. The summed E-state index contributed by atoms with van der Waals surface area (Å²) in [6, 6.07) is 10.0. The van der Waals surface area contributed by atoms with Gasteiger partial charge in [-0.25, -0.2) is 4.68 Å². The standard InChI is InChI=1S/C15H22N4O/c1-3-19-15(14(16)11(2)18-19)17-13(10-20)9-12-7-5-4-6-8-12/h4-8,13,17,20H,3,9-10,16H2,1-2H3. The van der Waals surface area contributed by atoms with E-state index >= 15 is 0 Å². The third-order valence-electron chi connectivity index (χ3n) is 3.36. The highest BCUT2D eigenvalue weighted by Gasteiger charge is 2.16. The summed E-state index contributed by atoms with van der Waals surface area (Å²) in [6.07, 6.45) is 0.741. The fourth-order valence-electron chi connectivity index (χ4n) is 2.23. The van der Waals surface area contributed by atoms with Gasteiger partial charge >= 0.3 is 0 Å². The van der Waals surface area contributed by atoms with Crippen molar-refractivity contribution in [2.24, 2.45) is 0 Å². The fraction of sp³-hybridized carbons (Fsp3) is 0.400. The number of nitrogens with zero attached hydrogens (tertiary/aromatic N) is 2. The van der Waals surface area contributed by atoms with E-state index in [9.17, 15) is 5.11 Å². The lowest BCUT2D eigenvalue weighted by Crippen LogP contribution is -2.28. The van der Waals surface area contributed by atoms with Crippen LogP contribution in [0.4, 0.5) is 11.5 Å². The first-order valence-corrected chi connectivity index (χ1v) is 6.89. The lowest BCUT2D eigenvalue weighted by Gasteiger charge is -2.18. The number of aliphatic hydroxyl groups is 1. The molecule has 1 atom stereocenters. The molecule has 1 heterocycles. The van der Waals surface area contributed by atoms with E-state index < -0.39 is 0 Å². The number of nitrogens with two attached hydrogens (primary N) is 1. The molecule has 0 saturated heterocycles. The van der Waals surface area contributed by atoms with Gasteiger partial charge in [0.05, 0.1) is 24.0 Å². The molecule has 0 fully saturated rings. The average Bonchev–Trinajstić information content (AvgIpc) is 2.75. The minimum absolute atomic E-state index is 0.0439. The highest BCUT2D eigenvalue weighted by molar-refractivity contribution is 5.65. The predicted octanol–water partition coefficient (Wildman–Crippen LogP) is 1.81. The molecule has 0 spiro atoms. The first-order valence-electron chi connectivity index (χ1n) is 6.89. The molecular weight excluding hydrogens is 252 g/mol. The summed E-state index contributed by atoms with van der Waals surface area (Å²) >= 11 is 0. The molecule has 0 aliphatic heterocycles. The summed E-state index contributed by atoms with van der Waals surface area (Å²) in [5.74, 6) is 0.792. The Hall–Kier alpha value is -2.01. The number of aryl methyl sites for hydroxylation is 2. The van der Waals surface area contributed by atoms with Crippen molar-refractivity contribution in [3.05, 3.63) is 41.6 Å². The van der Waals surface area contributed by atoms with Gasteiger partial charge in [0.1, 0.15) is 5.82 Å². The summed E-state index contributed by atoms with van der Waals surface area (Å²) in [6.45, 7) is 4.69. The van der Waals surface area contributed by atoms with Crippen LogP contribution in [0.2, 0.25) is 0 Å². The molecule has 4 N–H and O–H groups in total. The Kier molecular flexibility index (Phi) is 4.63. The van der Waals surface area contributed by atoms with Crippen LogP contribution >= 0.6 is 0 Å². The monoisotopic (exact) mass is 274 g/mol. The summed E-state index contributed by atoms with van der Waals surface area (Å²) < 4.78 is 1.83. The van der Waals surface area contributed by atoms with Crippen molar-refractivity contribution in [1.82, 2.24) is 9.78 Å². The maximum absolute atomic E-state index is 9.58. The van der Waals surface area contributed by atoms with Gasteiger partial charge in [-0.1, -0.05) is 30.3 Å². The van der Waals surface area contributed by atoms with Gasteiger partial charge in [0.25, 0.3) is 0 Å². The van der Waals surface area contributed by atoms with Gasteiger partial charge in [-0.3, -0.25) is 0 Å². The van der Waals surface area contributed by atoms with Gasteiger partial charge in [0.15, 0.2) is 0 Å². The van der Waals surface area contributed by atoms with E-state index in [1.807, 2.05) is 36.7 Å². The molecule has 0 aliphatic carbocycles. The number of benzene rings is 1. The van der Waals surface area contributed by atoms with Crippen LogP contribution in [0.1, 0.15) is 18.2 Å². The molecule has 20 heavy (non-hydrogen) atoms. The molecule has 0 aliphatic rings. The van der Waals surface area contributed by atoms with E-state index in [1.165, 1.54) is 5.56 Å². The van der Waals surface area contributed by atoms with Crippen LogP contribution in [0.25, 0.3) is 0 Å². The molecule has 0 bridgehead atoms. The smallest absolute Gasteiger partial charge is 0.148 e. The second kappa shape index (κ2) is 6.43. The van der Waals surface area contributed by atoms with Crippen LogP contribution in [0.5, 0.6) is 0 Å². The predicted molar refractivity (Wildman–Crippen MR) is 81.7 cm³/mol. The SMILES string of the molecule is CCn1nc(C)c(N)c1NC(CO)Cc1ccccc1. The maximum atomic E-state index is 9.58. The first kappa shape index (κ1) is 14.4. The van der Waals surface area contributed by atoms with Gasteiger partial charge < -0.3 is 16.2 Å². The van der Waals surface area contributed by atoms with Crippen molar-refractivity contribution in [1.29, 1.82) is 0 Å². The summed E-state index contributed by atoms with van der Waals surface area (Å²) in [7, 11) is 0. The zero-order valence-electron chi connectivity index (χ0n) is 12.0. The van der Waals surface area contributed by atoms with E-state index in [2.05, 4.69) is 22.5 Å². The number of aromatic nitrogens is 2. The molecule has 5 nitrogen and oxygen atoms in total. The van der Waals surface area contributed by atoms with Crippen molar-refractivity contribution >= 4 is 11.5 Å². The largest absolute Gasteiger partial charge is 0.394 e. The van der Waals surface area contributed by atoms with Crippen molar-refractivity contribution in [2.45, 2.75) is 32.9 Å². The topological polar surface area (TPSA) is 76.1 Å². The van der Waals surface area contributed by atoms with Gasteiger partial charge in [0.2, 0.25) is 0 Å². The lowest BCUT2D eigenvalue weighted by molar-refractivity contribution is 0.273. The summed E-state index contributed by atoms with van der Waals surface area (Å²) in [5, 5.41) is 17.3. The average molecular weight is 274 g/mol. The van der Waals surface area contributed by atoms with E-state index in [-0.39, 0.29) is 12.6 Å². The van der Waals surface area contributed by atoms with E-state index in [1.54, 1.807) is 0 Å². The van der Waals surface area contributed by atoms with Crippen LogP contribution in [-0.4, -0.2) is 27.5 Å². The Labute approximate surface area is 119 Å². The van der Waals surface area contributed by atoms with Crippen molar-refractivity contribution in [2.75, 3.05) is 17.7 Å². The Bertz CT molecular complexity index is 551. The highest BCUT2D eigenvalue weighted by atomic mass is 16.3. The molecule has 0 saturated carbocycles. The number of anilines is 2. The minimum Gasteiger partial charge on any atom is -0.394 e. The number of hydrogen-bond donors (Lipinski definition) is 3. The van der Waals surface area contributed by atoms with Crippen LogP contribution < -0.4 is 11.1 Å². The third-order valence-corrected chi connectivity index (χ3v) is 3.36. The molecule has 108 valence electrons. The number of aliphatic hydroxyl groups excluding tert-OH is 1. The van der Waals surface area contributed by atoms with Crippen molar-refractivity contribution in [3.63, 3.8) is 0 Å². The molecule has 5 heteroatoms. The van der Waals surface area contributed by atoms with Crippen molar-refractivity contribution in [3.8, 4) is 0 Å². The zero-order chi connectivity index (χ0) is 14.5. The highest BCUT2D eigenvalue weighted by Crippen LogP contribution is 2.23. The van der Waals surface area contributed by atoms with E-state index in [0.717, 1.165) is 24.5 Å². The number of rotatable bonds is 6. The number of nitrogens with one attached hydrogen (secondary N) is 1. The summed E-state index contributed by atoms with van der Waals surface area (Å²) in [5.41, 5.74) is 8.69. The first-order chi connectivity index (χ1) is 9.65. The molecule has 0 amide bonds. The van der Waals surface area contributed by atoms with Crippen LogP contribution in [0.3, 0.4) is 0 Å². The van der Waals surface area contributed by atoms with E-state index in [0.29, 0.717) is 5.69 Å². The zero-order valence-corrected chi connectivity index (χ0v) is 12.0. The fourth-order valence-corrected chi connectivity index (χ4v) is 2.23. The normalized spacial score (nSPS) is 12.3. The number of hydrogen-bond acceptors (Lipinski definition) is 4. The molecule has 1 unspecified atom stereocenters. The minimum atomic E-state index is -0.0823. The second-order valence-corrected chi connectivity index (χ2v) is 4.88. The molecule has 2 aromatic rings. The quantitative estimate of drug-likeness (QED) is 0.751. The van der Waals surface area contributed by atoms with Gasteiger partial charge in [-0.2, -0.15) is 5.10 Å². The van der Waals surface area contributed by atoms with E-state index in [4.69, 9.17) is 5.73 Å². The van der Waals surface area contributed by atoms with Crippen LogP contribution in [0, 0.1) is 6.92 Å². The lowest BCUT2D eigenvalue weighted by atomic mass is 10.1. The summed E-state index contributed by atoms with van der Waals surface area (Å²) in [4.78, 5) is 0. The molecule has 1 aromatic heterocycles. The molecule has 1 aromatic carbocycles. The number of nitrogen functional groups attached to an aromatic ring is 1. The molecular formula is C15H22N4O. The van der Waals surface area contributed by atoms with Gasteiger partial charge in [-0.15, -0.1) is 0 Å². The van der Waals surface area contributed by atoms with Gasteiger partial charge in [-0.05, 0) is 25.8 Å². The van der Waals surface area contributed by atoms with Crippen LogP contribution in [-0.2, 0) is 13.0 Å². The van der Waals surface area contributed by atoms with Crippen LogP contribution in [0.15, 0.2) is 30.3 Å². The van der Waals surface area contributed by atoms with Gasteiger partial charge in [0, 0.05) is 6.54 Å². The second-order valence-electron chi connectivity index (χ2n) is 4.88. The Morgan fingerprint density at radius 1 is 1.35 bits per heavy atom. The molecule has 0 radical (unpaired) electrons. The van der Waals surface area contributed by atoms with Crippen molar-refractivity contribution < 1.29 is 5.11 Å². The molecule has 2 rings (SSSR count). The third kappa shape index (κ3) is 3.11. The Morgan fingerprint density at radius 2 is 2.05 bits per heavy atom.